The van der Waals surface area contributed by atoms with Crippen LogP contribution >= 0.6 is 0 Å². The topological polar surface area (TPSA) is 95.3 Å². The van der Waals surface area contributed by atoms with Gasteiger partial charge in [-0.1, -0.05) is 60.7 Å². The minimum Gasteiger partial charge on any atom is -0.459 e. The molecule has 4 aromatic rings. The van der Waals surface area contributed by atoms with Crippen LogP contribution in [0.1, 0.15) is 42.1 Å². The number of carbonyl (C=O) groups is 1. The zero-order chi connectivity index (χ0) is 24.7. The quantitative estimate of drug-likeness (QED) is 0.357. The molecule has 5 rings (SSSR count). The molecule has 3 heterocycles. The predicted octanol–water partition coefficient (Wildman–Crippen LogP) is 5.51. The van der Waals surface area contributed by atoms with Crippen molar-refractivity contribution >= 4 is 11.8 Å². The Hall–Kier alpha value is -4.31. The van der Waals surface area contributed by atoms with Crippen molar-refractivity contribution in [3.05, 3.63) is 95.9 Å². The molecule has 0 spiro atoms. The molecule has 36 heavy (non-hydrogen) atoms. The Morgan fingerprint density at radius 3 is 2.44 bits per heavy atom. The Labute approximate surface area is 210 Å². The van der Waals surface area contributed by atoms with Crippen molar-refractivity contribution < 1.29 is 13.6 Å². The number of aromatic nitrogens is 1. The number of amides is 1. The summed E-state index contributed by atoms with van der Waals surface area (Å²) in [7, 11) is 0. The summed E-state index contributed by atoms with van der Waals surface area (Å²) in [6.07, 6.45) is 4.61. The van der Waals surface area contributed by atoms with E-state index in [-0.39, 0.29) is 29.5 Å². The summed E-state index contributed by atoms with van der Waals surface area (Å²) in [6, 6.07) is 26.1. The minimum atomic E-state index is -0.0952. The fourth-order valence-corrected chi connectivity index (χ4v) is 4.70. The lowest BCUT2D eigenvalue weighted by Crippen LogP contribution is -2.41. The van der Waals surface area contributed by atoms with Crippen molar-refractivity contribution in [1.29, 1.82) is 5.26 Å². The molecule has 2 aromatic heterocycles. The van der Waals surface area contributed by atoms with Crippen LogP contribution < -0.4 is 10.2 Å². The molecule has 182 valence electrons. The van der Waals surface area contributed by atoms with Crippen LogP contribution in [0, 0.1) is 17.2 Å². The number of hydrogen-bond acceptors (Lipinski definition) is 6. The third kappa shape index (κ3) is 5.33. The average molecular weight is 481 g/mol. The number of nitrogens with zero attached hydrogens (tertiary/aromatic N) is 3. The Morgan fingerprint density at radius 1 is 1.06 bits per heavy atom. The van der Waals surface area contributed by atoms with Crippen LogP contribution in [0.3, 0.4) is 0 Å². The number of piperidine rings is 1. The van der Waals surface area contributed by atoms with Gasteiger partial charge in [-0.2, -0.15) is 10.2 Å². The van der Waals surface area contributed by atoms with E-state index in [0.717, 1.165) is 18.4 Å². The lowest BCUT2D eigenvalue weighted by atomic mass is 9.93. The second kappa shape index (κ2) is 11.0. The van der Waals surface area contributed by atoms with Gasteiger partial charge in [0.25, 0.3) is 5.89 Å². The molecule has 1 atom stereocenters. The number of benzene rings is 2. The number of carbonyl (C=O) groups excluding carboxylic acids is 1. The molecule has 1 aliphatic heterocycles. The Kier molecular flexibility index (Phi) is 7.13. The van der Waals surface area contributed by atoms with E-state index in [1.54, 1.807) is 12.1 Å². The number of oxazole rings is 1. The van der Waals surface area contributed by atoms with Crippen LogP contribution in [0.4, 0.5) is 5.88 Å². The van der Waals surface area contributed by atoms with E-state index in [1.165, 1.54) is 11.8 Å². The molecule has 7 nitrogen and oxygen atoms in total. The van der Waals surface area contributed by atoms with Gasteiger partial charge in [-0.15, -0.1) is 0 Å². The summed E-state index contributed by atoms with van der Waals surface area (Å²) in [6.45, 7) is 1.22. The molecule has 1 aliphatic rings. The number of nitrogens with one attached hydrogen (secondary N) is 1. The fourth-order valence-electron chi connectivity index (χ4n) is 4.70. The maximum absolute atomic E-state index is 13.3. The first-order valence-corrected chi connectivity index (χ1v) is 12.3. The summed E-state index contributed by atoms with van der Waals surface area (Å²) < 4.78 is 11.2. The molecule has 0 saturated carbocycles. The lowest BCUT2D eigenvalue weighted by molar-refractivity contribution is -0.126. The van der Waals surface area contributed by atoms with Gasteiger partial charge in [0, 0.05) is 19.0 Å². The summed E-state index contributed by atoms with van der Waals surface area (Å²) in [5, 5.41) is 12.9. The van der Waals surface area contributed by atoms with Gasteiger partial charge in [0.1, 0.15) is 6.07 Å². The third-order valence-corrected chi connectivity index (χ3v) is 6.68. The molecule has 2 aromatic carbocycles. The summed E-state index contributed by atoms with van der Waals surface area (Å²) >= 11 is 0. The monoisotopic (exact) mass is 480 g/mol. The second-order valence-corrected chi connectivity index (χ2v) is 9.02. The summed E-state index contributed by atoms with van der Waals surface area (Å²) in [5.74, 6) is 1.19. The summed E-state index contributed by atoms with van der Waals surface area (Å²) in [4.78, 5) is 19.6. The molecular formula is C29H28N4O3. The minimum absolute atomic E-state index is 0.0488. The highest BCUT2D eigenvalue weighted by Crippen LogP contribution is 2.31. The molecule has 1 unspecified atom stereocenters. The molecule has 0 aliphatic carbocycles. The maximum atomic E-state index is 13.3. The average Bonchev–Trinajstić information content (AvgIpc) is 3.62. The number of hydrogen-bond donors (Lipinski definition) is 1. The molecule has 0 bridgehead atoms. The van der Waals surface area contributed by atoms with Crippen LogP contribution in [0.15, 0.2) is 87.9 Å². The van der Waals surface area contributed by atoms with Gasteiger partial charge in [-0.05, 0) is 48.9 Å². The third-order valence-electron chi connectivity index (χ3n) is 6.68. The zero-order valence-electron chi connectivity index (χ0n) is 20.0. The van der Waals surface area contributed by atoms with Crippen LogP contribution in [-0.2, 0) is 11.2 Å². The van der Waals surface area contributed by atoms with Crippen molar-refractivity contribution in [2.24, 2.45) is 5.92 Å². The van der Waals surface area contributed by atoms with Crippen molar-refractivity contribution in [3.63, 3.8) is 0 Å². The predicted molar refractivity (Wildman–Crippen MR) is 136 cm³/mol. The molecule has 1 amide bonds. The van der Waals surface area contributed by atoms with Crippen molar-refractivity contribution in [1.82, 2.24) is 10.3 Å². The fraction of sp³-hybridized carbons (Fsp3) is 0.276. The molecule has 7 heteroatoms. The molecule has 1 N–H and O–H groups in total. The standard InChI is InChI=1S/C29H28N4O3/c30-20-25-29(36-28(32-25)26-12-7-19-35-26)33-17-15-23(16-18-33)27(34)31-24(22-10-5-2-6-11-22)14-13-21-8-3-1-4-9-21/h1-12,19,23-24H,13-18H2,(H,31,34). The van der Waals surface area contributed by atoms with Gasteiger partial charge in [0.05, 0.1) is 12.3 Å². The normalized spacial score (nSPS) is 14.8. The van der Waals surface area contributed by atoms with E-state index in [2.05, 4.69) is 40.6 Å². The molecule has 1 saturated heterocycles. The van der Waals surface area contributed by atoms with Crippen LogP contribution in [0.25, 0.3) is 11.7 Å². The first-order valence-electron chi connectivity index (χ1n) is 12.3. The second-order valence-electron chi connectivity index (χ2n) is 9.02. The largest absolute Gasteiger partial charge is 0.459 e. The number of furan rings is 1. The first-order chi connectivity index (χ1) is 17.7. The van der Waals surface area contributed by atoms with Gasteiger partial charge in [-0.3, -0.25) is 4.79 Å². The first kappa shape index (κ1) is 23.4. The SMILES string of the molecule is N#Cc1nc(-c2ccco2)oc1N1CCC(C(=O)NC(CCc2ccccc2)c2ccccc2)CC1. The Balaban J connectivity index is 1.22. The van der Waals surface area contributed by atoms with E-state index in [9.17, 15) is 10.1 Å². The Morgan fingerprint density at radius 2 is 1.78 bits per heavy atom. The molecular weight excluding hydrogens is 452 g/mol. The molecule has 0 radical (unpaired) electrons. The van der Waals surface area contributed by atoms with Crippen molar-refractivity contribution in [2.45, 2.75) is 31.7 Å². The number of rotatable bonds is 8. The summed E-state index contributed by atoms with van der Waals surface area (Å²) in [5.41, 5.74) is 2.61. The van der Waals surface area contributed by atoms with Crippen LogP contribution in [0.5, 0.6) is 0 Å². The van der Waals surface area contributed by atoms with E-state index in [0.29, 0.717) is 37.6 Å². The molecule has 1 fully saturated rings. The van der Waals surface area contributed by atoms with Crippen LogP contribution in [-0.4, -0.2) is 24.0 Å². The van der Waals surface area contributed by atoms with E-state index in [1.807, 2.05) is 41.3 Å². The van der Waals surface area contributed by atoms with Gasteiger partial charge in [-0.25, -0.2) is 0 Å². The van der Waals surface area contributed by atoms with Crippen molar-refractivity contribution in [3.8, 4) is 17.7 Å². The van der Waals surface area contributed by atoms with Gasteiger partial charge in [0.15, 0.2) is 5.76 Å². The van der Waals surface area contributed by atoms with Crippen LogP contribution in [0.2, 0.25) is 0 Å². The number of nitriles is 1. The number of anilines is 1. The maximum Gasteiger partial charge on any atom is 0.266 e. The Bertz CT molecular complexity index is 1300. The smallest absolute Gasteiger partial charge is 0.266 e. The van der Waals surface area contributed by atoms with E-state index >= 15 is 0 Å². The zero-order valence-corrected chi connectivity index (χ0v) is 20.0. The highest BCUT2D eigenvalue weighted by Gasteiger charge is 2.30. The lowest BCUT2D eigenvalue weighted by Gasteiger charge is -2.32. The highest BCUT2D eigenvalue weighted by molar-refractivity contribution is 5.79. The van der Waals surface area contributed by atoms with Gasteiger partial charge >= 0.3 is 0 Å². The van der Waals surface area contributed by atoms with Crippen molar-refractivity contribution in [2.75, 3.05) is 18.0 Å². The van der Waals surface area contributed by atoms with Gasteiger partial charge in [0.2, 0.25) is 17.5 Å². The van der Waals surface area contributed by atoms with E-state index < -0.39 is 0 Å². The van der Waals surface area contributed by atoms with Gasteiger partial charge < -0.3 is 19.1 Å². The number of aryl methyl sites for hydroxylation is 1. The van der Waals surface area contributed by atoms with E-state index in [4.69, 9.17) is 8.83 Å². The highest BCUT2D eigenvalue weighted by atomic mass is 16.4.